The van der Waals surface area contributed by atoms with E-state index >= 15 is 0 Å². The fourth-order valence-electron chi connectivity index (χ4n) is 1.88. The lowest BCUT2D eigenvalue weighted by Gasteiger charge is -2.04. The number of hydrogen-bond acceptors (Lipinski definition) is 5. The minimum Gasteiger partial charge on any atom is -0.452 e. The van der Waals surface area contributed by atoms with Gasteiger partial charge >= 0.3 is 12.0 Å². The maximum absolute atomic E-state index is 11.6. The summed E-state index contributed by atoms with van der Waals surface area (Å²) in [6, 6.07) is 10.6. The van der Waals surface area contributed by atoms with Crippen LogP contribution in [0.4, 0.5) is 4.79 Å². The number of para-hydroxylation sites is 1. The van der Waals surface area contributed by atoms with Gasteiger partial charge in [0.05, 0.1) is 11.2 Å². The molecule has 0 atom stereocenters. The number of nitrogens with zero attached hydrogens (tertiary/aromatic N) is 1. The molecule has 7 nitrogen and oxygen atoms in total. The second-order valence-electron chi connectivity index (χ2n) is 4.92. The third-order valence-electron chi connectivity index (χ3n) is 3.02. The lowest BCUT2D eigenvalue weighted by Crippen LogP contribution is -2.41. The Labute approximate surface area is 144 Å². The highest BCUT2D eigenvalue weighted by molar-refractivity contribution is 5.96. The Hall–Kier alpha value is -3.48. The van der Waals surface area contributed by atoms with Gasteiger partial charge in [-0.2, -0.15) is 0 Å². The molecule has 1 aromatic heterocycles. The summed E-state index contributed by atoms with van der Waals surface area (Å²) in [6.07, 6.45) is 4.13. The van der Waals surface area contributed by atoms with Crippen molar-refractivity contribution in [3.63, 3.8) is 0 Å². The lowest BCUT2D eigenvalue weighted by atomic mass is 10.2. The van der Waals surface area contributed by atoms with E-state index in [1.54, 1.807) is 6.07 Å². The minimum atomic E-state index is -0.729. The second kappa shape index (κ2) is 8.97. The van der Waals surface area contributed by atoms with Gasteiger partial charge in [0, 0.05) is 18.0 Å². The van der Waals surface area contributed by atoms with Gasteiger partial charge in [-0.25, -0.2) is 14.6 Å². The number of pyridine rings is 1. The molecule has 0 radical (unpaired) electrons. The molecule has 2 aromatic rings. The van der Waals surface area contributed by atoms with E-state index in [1.165, 1.54) is 18.2 Å². The van der Waals surface area contributed by atoms with Gasteiger partial charge in [0.2, 0.25) is 0 Å². The average Bonchev–Trinajstić information content (AvgIpc) is 2.62. The number of nitrogens with one attached hydrogen (secondary N) is 2. The maximum atomic E-state index is 11.6. The number of imide groups is 1. The van der Waals surface area contributed by atoms with Gasteiger partial charge in [0.15, 0.2) is 6.61 Å². The molecule has 3 amide bonds. The molecule has 7 heteroatoms. The number of benzene rings is 1. The number of urea groups is 1. The van der Waals surface area contributed by atoms with Crippen LogP contribution in [0.15, 0.2) is 55.1 Å². The first kappa shape index (κ1) is 17.9. The first-order valence-electron chi connectivity index (χ1n) is 7.47. The highest BCUT2D eigenvalue weighted by Gasteiger charge is 2.08. The Morgan fingerprint density at radius 2 is 1.96 bits per heavy atom. The van der Waals surface area contributed by atoms with E-state index in [-0.39, 0.29) is 6.54 Å². The van der Waals surface area contributed by atoms with Crippen molar-refractivity contribution in [3.05, 3.63) is 60.8 Å². The molecule has 1 heterocycles. The van der Waals surface area contributed by atoms with Crippen LogP contribution in [0.25, 0.3) is 17.0 Å². The van der Waals surface area contributed by atoms with Crippen LogP contribution in [0.3, 0.4) is 0 Å². The van der Waals surface area contributed by atoms with Gasteiger partial charge in [0.1, 0.15) is 0 Å². The summed E-state index contributed by atoms with van der Waals surface area (Å²) in [5, 5.41) is 5.37. The van der Waals surface area contributed by atoms with Crippen LogP contribution in [-0.4, -0.2) is 36.0 Å². The van der Waals surface area contributed by atoms with Crippen LogP contribution in [0.5, 0.6) is 0 Å². The molecule has 0 aliphatic heterocycles. The van der Waals surface area contributed by atoms with E-state index in [0.717, 1.165) is 10.9 Å². The van der Waals surface area contributed by atoms with E-state index in [0.29, 0.717) is 5.69 Å². The quantitative estimate of drug-likeness (QED) is 0.475. The van der Waals surface area contributed by atoms with Gasteiger partial charge in [-0.05, 0) is 18.2 Å². The summed E-state index contributed by atoms with van der Waals surface area (Å²) in [6.45, 7) is 3.09. The number of esters is 1. The second-order valence-corrected chi connectivity index (χ2v) is 4.92. The summed E-state index contributed by atoms with van der Waals surface area (Å²) in [7, 11) is 0. The predicted molar refractivity (Wildman–Crippen MR) is 93.5 cm³/mol. The molecular weight excluding hydrogens is 322 g/mol. The molecule has 0 aliphatic carbocycles. The molecule has 0 bridgehead atoms. The van der Waals surface area contributed by atoms with Crippen molar-refractivity contribution in [2.24, 2.45) is 0 Å². The SMILES string of the molecule is C=CCNC(=O)NC(=O)COC(=O)/C=C/c1ccc2ccccc2n1. The smallest absolute Gasteiger partial charge is 0.331 e. The highest BCUT2D eigenvalue weighted by atomic mass is 16.5. The number of carbonyl (C=O) groups is 3. The summed E-state index contributed by atoms with van der Waals surface area (Å²) in [5.74, 6) is -1.44. The summed E-state index contributed by atoms with van der Waals surface area (Å²) in [5.41, 5.74) is 1.40. The first-order chi connectivity index (χ1) is 12.1. The van der Waals surface area contributed by atoms with Crippen molar-refractivity contribution in [2.75, 3.05) is 13.2 Å². The van der Waals surface area contributed by atoms with Crippen LogP contribution in [-0.2, 0) is 14.3 Å². The van der Waals surface area contributed by atoms with Crippen LogP contribution in [0.2, 0.25) is 0 Å². The molecule has 0 saturated heterocycles. The Kier molecular flexibility index (Phi) is 6.41. The number of hydrogen-bond donors (Lipinski definition) is 2. The van der Waals surface area contributed by atoms with Crippen molar-refractivity contribution in [1.82, 2.24) is 15.6 Å². The van der Waals surface area contributed by atoms with Crippen molar-refractivity contribution in [1.29, 1.82) is 0 Å². The molecule has 0 unspecified atom stereocenters. The van der Waals surface area contributed by atoms with Crippen LogP contribution in [0, 0.1) is 0 Å². The van der Waals surface area contributed by atoms with Crippen molar-refractivity contribution >= 4 is 34.9 Å². The maximum Gasteiger partial charge on any atom is 0.331 e. The number of fused-ring (bicyclic) bond motifs is 1. The van der Waals surface area contributed by atoms with E-state index < -0.39 is 24.5 Å². The van der Waals surface area contributed by atoms with Crippen LogP contribution in [0.1, 0.15) is 5.69 Å². The van der Waals surface area contributed by atoms with E-state index in [4.69, 9.17) is 4.74 Å². The minimum absolute atomic E-state index is 0.223. The number of ether oxygens (including phenoxy) is 1. The summed E-state index contributed by atoms with van der Waals surface area (Å²) in [4.78, 5) is 38.6. The third-order valence-corrected chi connectivity index (χ3v) is 3.02. The molecule has 2 N–H and O–H groups in total. The monoisotopic (exact) mass is 339 g/mol. The van der Waals surface area contributed by atoms with Gasteiger partial charge in [-0.3, -0.25) is 10.1 Å². The lowest BCUT2D eigenvalue weighted by molar-refractivity contribution is -0.143. The van der Waals surface area contributed by atoms with Crippen molar-refractivity contribution in [2.45, 2.75) is 0 Å². The van der Waals surface area contributed by atoms with Crippen LogP contribution >= 0.6 is 0 Å². The number of rotatable bonds is 6. The zero-order valence-electron chi connectivity index (χ0n) is 13.4. The molecule has 25 heavy (non-hydrogen) atoms. The summed E-state index contributed by atoms with van der Waals surface area (Å²) < 4.78 is 4.75. The van der Waals surface area contributed by atoms with Gasteiger partial charge < -0.3 is 10.1 Å². The van der Waals surface area contributed by atoms with Crippen molar-refractivity contribution < 1.29 is 19.1 Å². The standard InChI is InChI=1S/C18H17N3O4/c1-2-11-19-18(24)21-16(22)12-25-17(23)10-9-14-8-7-13-5-3-4-6-15(13)20-14/h2-10H,1,11-12H2,(H2,19,21,22,24)/b10-9+. The molecule has 1 aromatic carbocycles. The van der Waals surface area contributed by atoms with E-state index in [1.807, 2.05) is 35.6 Å². The Morgan fingerprint density at radius 3 is 2.76 bits per heavy atom. The zero-order chi connectivity index (χ0) is 18.1. The number of amides is 3. The summed E-state index contributed by atoms with van der Waals surface area (Å²) >= 11 is 0. The fourth-order valence-corrected chi connectivity index (χ4v) is 1.88. The predicted octanol–water partition coefficient (Wildman–Crippen LogP) is 1.80. The molecule has 0 spiro atoms. The number of aromatic nitrogens is 1. The van der Waals surface area contributed by atoms with E-state index in [9.17, 15) is 14.4 Å². The molecular formula is C18H17N3O4. The van der Waals surface area contributed by atoms with E-state index in [2.05, 4.69) is 16.9 Å². The van der Waals surface area contributed by atoms with Crippen molar-refractivity contribution in [3.8, 4) is 0 Å². The number of carbonyl (C=O) groups excluding carboxylic acids is 3. The zero-order valence-corrected chi connectivity index (χ0v) is 13.4. The average molecular weight is 339 g/mol. The largest absolute Gasteiger partial charge is 0.452 e. The topological polar surface area (TPSA) is 97.4 Å². The van der Waals surface area contributed by atoms with Gasteiger partial charge in [0.25, 0.3) is 5.91 Å². The van der Waals surface area contributed by atoms with Gasteiger partial charge in [-0.1, -0.05) is 30.3 Å². The molecule has 2 rings (SSSR count). The third kappa shape index (κ3) is 5.91. The Bertz CT molecular complexity index is 830. The highest BCUT2D eigenvalue weighted by Crippen LogP contribution is 2.12. The molecule has 0 fully saturated rings. The molecule has 0 aliphatic rings. The molecule has 128 valence electrons. The first-order valence-corrected chi connectivity index (χ1v) is 7.47. The Balaban J connectivity index is 1.82. The Morgan fingerprint density at radius 1 is 1.16 bits per heavy atom. The normalized spacial score (nSPS) is 10.4. The van der Waals surface area contributed by atoms with Gasteiger partial charge in [-0.15, -0.1) is 6.58 Å². The molecule has 0 saturated carbocycles. The van der Waals surface area contributed by atoms with Crippen LogP contribution < -0.4 is 10.6 Å². The fraction of sp³-hybridized carbons (Fsp3) is 0.111.